The first kappa shape index (κ1) is 37.6. The molecule has 2 aromatic rings. The van der Waals surface area contributed by atoms with Crippen molar-refractivity contribution in [2.75, 3.05) is 62.8 Å². The van der Waals surface area contributed by atoms with Crippen molar-refractivity contribution in [3.63, 3.8) is 0 Å². The molecule has 0 aromatic heterocycles. The molecular weight excluding hydrogens is 686 g/mol. The average molecular weight is 742 g/mol. The summed E-state index contributed by atoms with van der Waals surface area (Å²) < 4.78 is 21.8. The molecule has 0 radical (unpaired) electrons. The molecule has 7 unspecified atom stereocenters. The molecule has 7 atom stereocenters. The summed E-state index contributed by atoms with van der Waals surface area (Å²) in [5.41, 5.74) is 4.63. The van der Waals surface area contributed by atoms with Crippen LogP contribution in [0.2, 0.25) is 5.02 Å². The van der Waals surface area contributed by atoms with Crippen molar-refractivity contribution in [3.05, 3.63) is 70.3 Å². The van der Waals surface area contributed by atoms with Gasteiger partial charge in [0.15, 0.2) is 0 Å². The lowest BCUT2D eigenvalue weighted by Gasteiger charge is -2.56. The largest absolute Gasteiger partial charge is 0.491 e. The van der Waals surface area contributed by atoms with Crippen LogP contribution in [0, 0.1) is 29.1 Å². The number of carbonyl (C=O) groups excluding carboxylic acids is 1. The predicted molar refractivity (Wildman–Crippen MR) is 211 cm³/mol. The van der Waals surface area contributed by atoms with Gasteiger partial charge in [0.25, 0.3) is 5.91 Å². The van der Waals surface area contributed by atoms with Gasteiger partial charge in [0, 0.05) is 89.3 Å². The molecule has 3 fully saturated rings. The molecule has 1 aliphatic carbocycles. The summed E-state index contributed by atoms with van der Waals surface area (Å²) in [7, 11) is -0.109. The Labute approximate surface area is 309 Å². The molecular formula is C40H56ClN3O4S2. The smallest absolute Gasteiger partial charge is 0.260 e. The first-order valence-electron chi connectivity index (χ1n) is 18.4. The summed E-state index contributed by atoms with van der Waals surface area (Å²) in [4.78, 5) is 18.8. The number of benzene rings is 2. The Kier molecular flexibility index (Phi) is 12.2. The van der Waals surface area contributed by atoms with Crippen LogP contribution in [0.15, 0.2) is 48.6 Å². The maximum absolute atomic E-state index is 13.6. The number of ether oxygens (including phenoxy) is 1. The highest BCUT2D eigenvalue weighted by Crippen LogP contribution is 2.46. The minimum Gasteiger partial charge on any atom is -0.491 e. The van der Waals surface area contributed by atoms with Crippen LogP contribution in [-0.4, -0.2) is 89.2 Å². The van der Waals surface area contributed by atoms with Crippen LogP contribution in [0.4, 0.5) is 5.69 Å². The fourth-order valence-electron chi connectivity index (χ4n) is 8.83. The van der Waals surface area contributed by atoms with Gasteiger partial charge in [0.05, 0.1) is 12.3 Å². The molecule has 10 heteroatoms. The van der Waals surface area contributed by atoms with Gasteiger partial charge in [-0.15, -0.1) is 0 Å². The van der Waals surface area contributed by atoms with Gasteiger partial charge < -0.3 is 24.4 Å². The molecule has 2 N–H and O–H groups in total. The van der Waals surface area contributed by atoms with E-state index in [4.69, 9.17) is 21.4 Å². The van der Waals surface area contributed by atoms with Crippen LogP contribution < -0.4 is 14.4 Å². The van der Waals surface area contributed by atoms with Crippen LogP contribution in [0.5, 0.6) is 5.75 Å². The van der Waals surface area contributed by atoms with Crippen molar-refractivity contribution < 1.29 is 18.8 Å². The first-order chi connectivity index (χ1) is 24.1. The van der Waals surface area contributed by atoms with E-state index >= 15 is 0 Å². The summed E-state index contributed by atoms with van der Waals surface area (Å²) in [5, 5.41) is 8.04. The minimum absolute atomic E-state index is 0.0642. The number of halogens is 1. The van der Waals surface area contributed by atoms with Gasteiger partial charge in [-0.1, -0.05) is 73.6 Å². The third-order valence-electron chi connectivity index (χ3n) is 11.9. The molecule has 7 nitrogen and oxygen atoms in total. The minimum atomic E-state index is -0.599. The number of hydrogen-bond donors (Lipinski definition) is 2. The number of nitrogens with one attached hydrogen (secondary N) is 1. The van der Waals surface area contributed by atoms with E-state index in [2.05, 4.69) is 71.5 Å². The topological polar surface area (TPSA) is 82.1 Å². The van der Waals surface area contributed by atoms with Crippen molar-refractivity contribution in [1.82, 2.24) is 9.62 Å². The SMILES string of the molecule is C=S1NC(=O)c2ccc3c(c2)N(CC(c2ccc(Cl)cc2CCC)CO3)CC2CCC2C(CN2CC3(C2)CS(=O)C3)/C=C/CC(C)C1C.CO. The number of allylic oxidation sites excluding steroid dienone is 1. The maximum Gasteiger partial charge on any atom is 0.260 e. The third kappa shape index (κ3) is 8.07. The summed E-state index contributed by atoms with van der Waals surface area (Å²) in [6.07, 6.45) is 10.4. The molecule has 4 heterocycles. The molecule has 2 bridgehead atoms. The molecule has 4 aliphatic heterocycles. The number of anilines is 1. The standard InChI is InChI=1S/C39H52ClN3O3S2.CH4O/c1-5-7-28-16-33(40)12-14-34(28)32-20-43-19-31-10-13-35(31)30(18-42-22-39(23-42)24-48(45)25-39)9-6-8-26(2)27(3)47(4)41-38(44)29-11-15-37(46-21-32)36(43)17-29;1-2/h6,9,11-12,14-17,26-27,30-32,35H,4-5,7-8,10,13,18-25H2,1-3H3,(H,41,44);2H,1H3/b9-6+;. The highest BCUT2D eigenvalue weighted by Gasteiger charge is 2.52. The van der Waals surface area contributed by atoms with Crippen molar-refractivity contribution >= 4 is 50.5 Å². The Bertz CT molecular complexity index is 1600. The lowest BCUT2D eigenvalue weighted by atomic mass is 9.66. The third-order valence-corrected chi connectivity index (χ3v) is 15.8. The monoisotopic (exact) mass is 741 g/mol. The Morgan fingerprint density at radius 1 is 1.10 bits per heavy atom. The van der Waals surface area contributed by atoms with Crippen molar-refractivity contribution in [2.45, 2.75) is 64.0 Å². The Hall–Kier alpha value is -2.17. The van der Waals surface area contributed by atoms with Gasteiger partial charge in [-0.3, -0.25) is 9.00 Å². The fraction of sp³-hybridized carbons (Fsp3) is 0.600. The number of likely N-dealkylation sites (tertiary alicyclic amines) is 1. The van der Waals surface area contributed by atoms with Gasteiger partial charge in [-0.05, 0) is 90.8 Å². The zero-order chi connectivity index (χ0) is 35.6. The summed E-state index contributed by atoms with van der Waals surface area (Å²) in [5.74, 6) is 9.24. The number of aliphatic hydroxyl groups is 1. The zero-order valence-corrected chi connectivity index (χ0v) is 32.6. The van der Waals surface area contributed by atoms with Crippen molar-refractivity contribution in [2.24, 2.45) is 29.1 Å². The van der Waals surface area contributed by atoms with Crippen LogP contribution >= 0.6 is 22.3 Å². The molecule has 274 valence electrons. The van der Waals surface area contributed by atoms with Gasteiger partial charge in [-0.25, -0.2) is 0 Å². The number of nitrogens with zero attached hydrogens (tertiary/aromatic N) is 2. The first-order valence-corrected chi connectivity index (χ1v) is 21.8. The summed E-state index contributed by atoms with van der Waals surface area (Å²) >= 11 is 6.48. The van der Waals surface area contributed by atoms with Crippen LogP contribution in [0.1, 0.15) is 73.9 Å². The molecule has 5 aliphatic rings. The van der Waals surface area contributed by atoms with Crippen LogP contribution in [-0.2, 0) is 17.2 Å². The van der Waals surface area contributed by atoms with Gasteiger partial charge in [-0.2, -0.15) is 0 Å². The lowest BCUT2D eigenvalue weighted by Crippen LogP contribution is -2.67. The van der Waals surface area contributed by atoms with Gasteiger partial charge in [0.2, 0.25) is 0 Å². The summed E-state index contributed by atoms with van der Waals surface area (Å²) in [6, 6.07) is 12.3. The van der Waals surface area contributed by atoms with E-state index in [0.717, 1.165) is 87.1 Å². The van der Waals surface area contributed by atoms with E-state index in [1.807, 2.05) is 18.2 Å². The molecule has 7 rings (SSSR count). The maximum atomic E-state index is 13.6. The second-order valence-corrected chi connectivity index (χ2v) is 19.2. The van der Waals surface area contributed by atoms with Crippen molar-refractivity contribution in [3.8, 4) is 5.75 Å². The number of rotatable bonds is 5. The van der Waals surface area contributed by atoms with Gasteiger partial charge in [0.1, 0.15) is 5.75 Å². The average Bonchev–Trinajstić information content (AvgIpc) is 3.24. The quantitative estimate of drug-likeness (QED) is 0.256. The highest BCUT2D eigenvalue weighted by atomic mass is 35.5. The molecule has 50 heavy (non-hydrogen) atoms. The van der Waals surface area contributed by atoms with Crippen LogP contribution in [0.3, 0.4) is 0 Å². The fourth-order valence-corrected chi connectivity index (χ4v) is 11.9. The van der Waals surface area contributed by atoms with Crippen molar-refractivity contribution in [1.29, 1.82) is 0 Å². The van der Waals surface area contributed by atoms with E-state index in [1.165, 1.54) is 24.0 Å². The van der Waals surface area contributed by atoms with E-state index in [9.17, 15) is 9.00 Å². The van der Waals surface area contributed by atoms with E-state index < -0.39 is 21.5 Å². The highest BCUT2D eigenvalue weighted by molar-refractivity contribution is 8.13. The van der Waals surface area contributed by atoms with E-state index in [-0.39, 0.29) is 17.1 Å². The number of aliphatic hydroxyl groups excluding tert-OH is 1. The van der Waals surface area contributed by atoms with Crippen LogP contribution in [0.25, 0.3) is 0 Å². The van der Waals surface area contributed by atoms with Gasteiger partial charge >= 0.3 is 0 Å². The number of carbonyl (C=O) groups is 1. The Morgan fingerprint density at radius 3 is 2.58 bits per heavy atom. The molecule has 2 aromatic carbocycles. The lowest BCUT2D eigenvalue weighted by molar-refractivity contribution is -0.000731. The molecule has 1 spiro atoms. The second kappa shape index (κ2) is 16.2. The predicted octanol–water partition coefficient (Wildman–Crippen LogP) is 6.92. The molecule has 1 amide bonds. The Morgan fingerprint density at radius 2 is 1.88 bits per heavy atom. The number of amides is 1. The summed E-state index contributed by atoms with van der Waals surface area (Å²) in [6.45, 7) is 12.4. The number of aryl methyl sites for hydroxylation is 1. The van der Waals surface area contributed by atoms with E-state index in [1.54, 1.807) is 0 Å². The molecule has 1 saturated carbocycles. The number of fused-ring (bicyclic) bond motifs is 2. The number of hydrogen-bond acceptors (Lipinski definition) is 6. The zero-order valence-electron chi connectivity index (χ0n) is 30.2. The van der Waals surface area contributed by atoms with E-state index in [0.29, 0.717) is 41.3 Å². The Balaban J connectivity index is 0.00000212. The second-order valence-electron chi connectivity index (χ2n) is 15.5. The normalized spacial score (nSPS) is 31.7. The molecule has 2 saturated heterocycles.